The first-order chi connectivity index (χ1) is 5.22. The molecule has 0 radical (unpaired) electrons. The normalized spacial score (nSPS) is 23.0. The molecule has 3 nitrogen and oxygen atoms in total. The summed E-state index contributed by atoms with van der Waals surface area (Å²) in [5.41, 5.74) is 0. The van der Waals surface area contributed by atoms with Crippen molar-refractivity contribution in [1.29, 1.82) is 0 Å². The molecule has 1 fully saturated rings. The fraction of sp³-hybridized carbons (Fsp3) is 0.875. The summed E-state index contributed by atoms with van der Waals surface area (Å²) in [5, 5.41) is 19.3. The molecule has 1 N–H and O–H groups in total. The van der Waals surface area contributed by atoms with Crippen LogP contribution in [-0.2, 0) is 4.79 Å². The molecule has 1 atom stereocenters. The molecule has 0 unspecified atom stereocenters. The maximum atomic E-state index is 10.2. The second-order valence-electron chi connectivity index (χ2n) is 3.16. The lowest BCUT2D eigenvalue weighted by Gasteiger charge is -2.26. The van der Waals surface area contributed by atoms with Gasteiger partial charge in [-0.05, 0) is 18.8 Å². The lowest BCUT2D eigenvalue weighted by atomic mass is 9.85. The maximum Gasteiger partial charge on any atom is 0.0961 e. The average Bonchev–Trinajstić information content (AvgIpc) is 2.05. The van der Waals surface area contributed by atoms with Gasteiger partial charge in [0.25, 0.3) is 0 Å². The van der Waals surface area contributed by atoms with Crippen LogP contribution in [0.1, 0.15) is 32.1 Å². The van der Waals surface area contributed by atoms with E-state index in [9.17, 15) is 9.90 Å². The van der Waals surface area contributed by atoms with Crippen molar-refractivity contribution in [2.45, 2.75) is 38.2 Å². The number of aliphatic hydroxyl groups is 1. The average molecular weight is 157 g/mol. The van der Waals surface area contributed by atoms with E-state index >= 15 is 0 Å². The summed E-state index contributed by atoms with van der Waals surface area (Å²) in [7, 11) is 0. The van der Waals surface area contributed by atoms with Crippen LogP contribution < -0.4 is 5.11 Å². The summed E-state index contributed by atoms with van der Waals surface area (Å²) in [5.74, 6) is -1.38. The van der Waals surface area contributed by atoms with Crippen LogP contribution in [0.5, 0.6) is 0 Å². The first kappa shape index (κ1) is 8.53. The van der Waals surface area contributed by atoms with E-state index in [2.05, 4.69) is 0 Å². The zero-order valence-electron chi connectivity index (χ0n) is 6.45. The molecule has 1 aliphatic rings. The molecule has 0 amide bonds. The zero-order chi connectivity index (χ0) is 8.27. The SMILES string of the molecule is O=C([O-])[C@H](O)C1CCCCC1. The maximum absolute atomic E-state index is 10.2. The molecule has 64 valence electrons. The summed E-state index contributed by atoms with van der Waals surface area (Å²) in [6.45, 7) is 0. The van der Waals surface area contributed by atoms with Crippen molar-refractivity contribution in [1.82, 2.24) is 0 Å². The Bertz CT molecular complexity index is 138. The van der Waals surface area contributed by atoms with Crippen LogP contribution in [0.15, 0.2) is 0 Å². The molecule has 0 aromatic carbocycles. The minimum absolute atomic E-state index is 0.0613. The number of hydrogen-bond acceptors (Lipinski definition) is 3. The van der Waals surface area contributed by atoms with Gasteiger partial charge in [0, 0.05) is 0 Å². The number of carbonyl (C=O) groups excluding carboxylic acids is 1. The molecule has 11 heavy (non-hydrogen) atoms. The Hall–Kier alpha value is -0.570. The van der Waals surface area contributed by atoms with Crippen LogP contribution >= 0.6 is 0 Å². The number of aliphatic hydroxyl groups excluding tert-OH is 1. The van der Waals surface area contributed by atoms with Crippen molar-refractivity contribution >= 4 is 5.97 Å². The highest BCUT2D eigenvalue weighted by molar-refractivity contribution is 5.69. The van der Waals surface area contributed by atoms with Crippen molar-refractivity contribution in [3.8, 4) is 0 Å². The standard InChI is InChI=1S/C8H14O3/c9-7(8(10)11)6-4-2-1-3-5-6/h6-7,9H,1-5H2,(H,10,11)/p-1/t7-/m1/s1. The van der Waals surface area contributed by atoms with E-state index in [1.165, 1.54) is 0 Å². The van der Waals surface area contributed by atoms with Gasteiger partial charge in [-0.25, -0.2) is 0 Å². The van der Waals surface area contributed by atoms with E-state index in [1.54, 1.807) is 0 Å². The van der Waals surface area contributed by atoms with E-state index in [1.807, 2.05) is 0 Å². The molecule has 0 saturated heterocycles. The highest BCUT2D eigenvalue weighted by atomic mass is 16.4. The first-order valence-electron chi connectivity index (χ1n) is 4.10. The van der Waals surface area contributed by atoms with Crippen LogP contribution in [-0.4, -0.2) is 17.2 Å². The van der Waals surface area contributed by atoms with Gasteiger partial charge >= 0.3 is 0 Å². The van der Waals surface area contributed by atoms with Gasteiger partial charge in [-0.3, -0.25) is 0 Å². The predicted octanol–water partition coefficient (Wildman–Crippen LogP) is -0.323. The number of hydrogen-bond donors (Lipinski definition) is 1. The minimum Gasteiger partial charge on any atom is -0.547 e. The number of carboxylic acid groups (broad SMARTS) is 1. The second kappa shape index (κ2) is 3.72. The van der Waals surface area contributed by atoms with Gasteiger partial charge in [0.05, 0.1) is 12.1 Å². The van der Waals surface area contributed by atoms with Crippen LogP contribution in [0.2, 0.25) is 0 Å². The third-order valence-electron chi connectivity index (χ3n) is 2.34. The lowest BCUT2D eigenvalue weighted by molar-refractivity contribution is -0.317. The molecular weight excluding hydrogens is 144 g/mol. The lowest BCUT2D eigenvalue weighted by Crippen LogP contribution is -2.41. The first-order valence-corrected chi connectivity index (χ1v) is 4.10. The van der Waals surface area contributed by atoms with Crippen LogP contribution in [0, 0.1) is 5.92 Å². The Morgan fingerprint density at radius 1 is 1.36 bits per heavy atom. The molecule has 1 saturated carbocycles. The van der Waals surface area contributed by atoms with Crippen molar-refractivity contribution in [3.63, 3.8) is 0 Å². The molecule has 0 heterocycles. The van der Waals surface area contributed by atoms with Crippen molar-refractivity contribution < 1.29 is 15.0 Å². The molecular formula is C8H13O3-. The number of aliphatic carboxylic acids is 1. The van der Waals surface area contributed by atoms with Gasteiger partial charge in [0.2, 0.25) is 0 Å². The Kier molecular flexibility index (Phi) is 2.88. The van der Waals surface area contributed by atoms with E-state index in [0.717, 1.165) is 32.1 Å². The molecule has 0 spiro atoms. The van der Waals surface area contributed by atoms with Crippen molar-refractivity contribution in [2.24, 2.45) is 5.92 Å². The van der Waals surface area contributed by atoms with Crippen molar-refractivity contribution in [2.75, 3.05) is 0 Å². The highest BCUT2D eigenvalue weighted by Crippen LogP contribution is 2.25. The predicted molar refractivity (Wildman–Crippen MR) is 37.6 cm³/mol. The van der Waals surface area contributed by atoms with Gasteiger partial charge in [-0.2, -0.15) is 0 Å². The summed E-state index contributed by atoms with van der Waals surface area (Å²) in [6, 6.07) is 0. The summed E-state index contributed by atoms with van der Waals surface area (Å²) < 4.78 is 0. The fourth-order valence-corrected chi connectivity index (χ4v) is 1.64. The van der Waals surface area contributed by atoms with Crippen molar-refractivity contribution in [3.05, 3.63) is 0 Å². The minimum atomic E-state index is -1.32. The van der Waals surface area contributed by atoms with E-state index < -0.39 is 12.1 Å². The van der Waals surface area contributed by atoms with Gasteiger partial charge in [-0.1, -0.05) is 19.3 Å². The fourth-order valence-electron chi connectivity index (χ4n) is 1.64. The van der Waals surface area contributed by atoms with Crippen LogP contribution in [0.25, 0.3) is 0 Å². The van der Waals surface area contributed by atoms with E-state index in [4.69, 9.17) is 5.11 Å². The quantitative estimate of drug-likeness (QED) is 0.597. The largest absolute Gasteiger partial charge is 0.547 e. The van der Waals surface area contributed by atoms with Gasteiger partial charge in [0.1, 0.15) is 0 Å². The van der Waals surface area contributed by atoms with Crippen LogP contribution in [0.3, 0.4) is 0 Å². The van der Waals surface area contributed by atoms with Gasteiger partial charge < -0.3 is 15.0 Å². The molecule has 0 aromatic rings. The Morgan fingerprint density at radius 3 is 2.36 bits per heavy atom. The molecule has 0 aromatic heterocycles. The molecule has 3 heteroatoms. The smallest absolute Gasteiger partial charge is 0.0961 e. The third-order valence-corrected chi connectivity index (χ3v) is 2.34. The summed E-state index contributed by atoms with van der Waals surface area (Å²) in [4.78, 5) is 10.2. The molecule has 1 rings (SSSR count). The van der Waals surface area contributed by atoms with Gasteiger partial charge in [-0.15, -0.1) is 0 Å². The second-order valence-corrected chi connectivity index (χ2v) is 3.16. The Morgan fingerprint density at radius 2 is 1.91 bits per heavy atom. The zero-order valence-corrected chi connectivity index (χ0v) is 6.45. The third kappa shape index (κ3) is 2.19. The van der Waals surface area contributed by atoms with E-state index in [0.29, 0.717) is 0 Å². The Labute approximate surface area is 66.0 Å². The monoisotopic (exact) mass is 157 g/mol. The molecule has 0 bridgehead atoms. The summed E-state index contributed by atoms with van der Waals surface area (Å²) in [6.07, 6.45) is 3.65. The highest BCUT2D eigenvalue weighted by Gasteiger charge is 2.21. The van der Waals surface area contributed by atoms with Crippen LogP contribution in [0.4, 0.5) is 0 Å². The van der Waals surface area contributed by atoms with Gasteiger partial charge in [0.15, 0.2) is 0 Å². The molecule has 0 aliphatic heterocycles. The molecule has 1 aliphatic carbocycles. The number of rotatable bonds is 2. The Balaban J connectivity index is 2.38. The number of carbonyl (C=O) groups is 1. The number of carboxylic acids is 1. The summed E-state index contributed by atoms with van der Waals surface area (Å²) >= 11 is 0. The topological polar surface area (TPSA) is 60.4 Å². The van der Waals surface area contributed by atoms with E-state index in [-0.39, 0.29) is 5.92 Å².